The van der Waals surface area contributed by atoms with Gasteiger partial charge >= 0.3 is 12.1 Å². The van der Waals surface area contributed by atoms with Gasteiger partial charge in [-0.25, -0.2) is 19.6 Å². The molecule has 0 spiro atoms. The van der Waals surface area contributed by atoms with Crippen LogP contribution >= 0.6 is 0 Å². The Balaban J connectivity index is 1.72. The molecule has 156 valence electrons. The SMILES string of the molecule is CCOC(=O)c1ccc([C@H](C)N2CCC(c3cc(C(F)(F)F)ccc3F)N2)cc1. The molecule has 1 N–H and O–H groups in total. The largest absolute Gasteiger partial charge is 0.462 e. The van der Waals surface area contributed by atoms with E-state index in [0.717, 1.165) is 23.8 Å². The molecule has 4 nitrogen and oxygen atoms in total. The predicted octanol–water partition coefficient (Wildman–Crippen LogP) is 5.03. The second-order valence-corrected chi connectivity index (χ2v) is 6.92. The second kappa shape index (κ2) is 8.51. The first-order valence-corrected chi connectivity index (χ1v) is 9.37. The number of nitrogens with one attached hydrogen (secondary N) is 1. The summed E-state index contributed by atoms with van der Waals surface area (Å²) in [4.78, 5) is 11.8. The lowest BCUT2D eigenvalue weighted by Gasteiger charge is -2.26. The minimum absolute atomic E-state index is 0.00665. The van der Waals surface area contributed by atoms with Gasteiger partial charge in [-0.05, 0) is 56.2 Å². The van der Waals surface area contributed by atoms with E-state index in [1.54, 1.807) is 31.2 Å². The Morgan fingerprint density at radius 3 is 2.55 bits per heavy atom. The first-order chi connectivity index (χ1) is 13.7. The van der Waals surface area contributed by atoms with Crippen molar-refractivity contribution < 1.29 is 27.1 Å². The number of ether oxygens (including phenoxy) is 1. The first-order valence-electron chi connectivity index (χ1n) is 9.37. The van der Waals surface area contributed by atoms with Gasteiger partial charge < -0.3 is 4.74 Å². The van der Waals surface area contributed by atoms with Crippen molar-refractivity contribution in [2.45, 2.75) is 38.5 Å². The van der Waals surface area contributed by atoms with Crippen LogP contribution < -0.4 is 5.43 Å². The van der Waals surface area contributed by atoms with Gasteiger partial charge in [0.2, 0.25) is 0 Å². The topological polar surface area (TPSA) is 41.6 Å². The van der Waals surface area contributed by atoms with E-state index >= 15 is 0 Å². The fourth-order valence-corrected chi connectivity index (χ4v) is 3.41. The monoisotopic (exact) mass is 410 g/mol. The number of nitrogens with zero attached hydrogens (tertiary/aromatic N) is 1. The third-order valence-electron chi connectivity index (χ3n) is 5.05. The summed E-state index contributed by atoms with van der Waals surface area (Å²) in [6.07, 6.45) is -4.04. The normalized spacial score (nSPS) is 18.6. The molecule has 29 heavy (non-hydrogen) atoms. The number of alkyl halides is 3. The van der Waals surface area contributed by atoms with Gasteiger partial charge in [-0.1, -0.05) is 12.1 Å². The highest BCUT2D eigenvalue weighted by molar-refractivity contribution is 5.89. The summed E-state index contributed by atoms with van der Waals surface area (Å²) in [6.45, 7) is 4.50. The van der Waals surface area contributed by atoms with Gasteiger partial charge in [-0.15, -0.1) is 0 Å². The highest BCUT2D eigenvalue weighted by Crippen LogP contribution is 2.35. The summed E-state index contributed by atoms with van der Waals surface area (Å²) < 4.78 is 58.0. The number of rotatable bonds is 5. The van der Waals surface area contributed by atoms with Crippen molar-refractivity contribution in [3.63, 3.8) is 0 Å². The molecule has 3 rings (SSSR count). The van der Waals surface area contributed by atoms with E-state index in [0.29, 0.717) is 25.1 Å². The van der Waals surface area contributed by atoms with Crippen LogP contribution in [0.5, 0.6) is 0 Å². The maximum atomic E-state index is 14.2. The van der Waals surface area contributed by atoms with Crippen LogP contribution in [-0.4, -0.2) is 24.1 Å². The Labute approximate surface area is 166 Å². The summed E-state index contributed by atoms with van der Waals surface area (Å²) in [6, 6.07) is 8.76. The van der Waals surface area contributed by atoms with Gasteiger partial charge in [0.1, 0.15) is 5.82 Å². The van der Waals surface area contributed by atoms with Gasteiger partial charge in [-0.3, -0.25) is 0 Å². The van der Waals surface area contributed by atoms with Crippen LogP contribution in [0.3, 0.4) is 0 Å². The number of benzene rings is 2. The van der Waals surface area contributed by atoms with Crippen LogP contribution in [0.2, 0.25) is 0 Å². The average Bonchev–Trinajstić information content (AvgIpc) is 3.17. The van der Waals surface area contributed by atoms with Crippen LogP contribution in [0, 0.1) is 5.82 Å². The van der Waals surface area contributed by atoms with Gasteiger partial charge in [0, 0.05) is 18.2 Å². The number of esters is 1. The smallest absolute Gasteiger partial charge is 0.416 e. The van der Waals surface area contributed by atoms with E-state index < -0.39 is 29.6 Å². The Bertz CT molecular complexity index is 868. The number of carbonyl (C=O) groups is 1. The molecule has 2 atom stereocenters. The minimum Gasteiger partial charge on any atom is -0.462 e. The van der Waals surface area contributed by atoms with Gasteiger partial charge in [0.25, 0.3) is 0 Å². The van der Waals surface area contributed by atoms with Gasteiger partial charge in [0.15, 0.2) is 0 Å². The summed E-state index contributed by atoms with van der Waals surface area (Å²) in [7, 11) is 0. The van der Waals surface area contributed by atoms with E-state index in [2.05, 4.69) is 5.43 Å². The molecule has 0 aliphatic carbocycles. The maximum absolute atomic E-state index is 14.2. The lowest BCUT2D eigenvalue weighted by molar-refractivity contribution is -0.137. The third kappa shape index (κ3) is 4.76. The molecule has 1 unspecified atom stereocenters. The summed E-state index contributed by atoms with van der Waals surface area (Å²) in [5.74, 6) is -1.06. The molecular formula is C21H22F4N2O2. The minimum atomic E-state index is -4.52. The van der Waals surface area contributed by atoms with Gasteiger partial charge in [-0.2, -0.15) is 13.2 Å². The summed E-state index contributed by atoms with van der Waals surface area (Å²) in [5, 5.41) is 1.86. The van der Waals surface area contributed by atoms with Crippen LogP contribution in [-0.2, 0) is 10.9 Å². The highest BCUT2D eigenvalue weighted by atomic mass is 19.4. The molecule has 1 aliphatic rings. The van der Waals surface area contributed by atoms with E-state index in [-0.39, 0.29) is 11.6 Å². The van der Waals surface area contributed by atoms with Crippen LogP contribution in [0.25, 0.3) is 0 Å². The van der Waals surface area contributed by atoms with Crippen molar-refractivity contribution in [2.24, 2.45) is 0 Å². The Hall–Kier alpha value is -2.45. The van der Waals surface area contributed by atoms with Crippen LogP contribution in [0.1, 0.15) is 59.4 Å². The van der Waals surface area contributed by atoms with Crippen LogP contribution in [0.4, 0.5) is 17.6 Å². The molecule has 2 aromatic rings. The van der Waals surface area contributed by atoms with E-state index in [4.69, 9.17) is 4.74 Å². The molecule has 0 radical (unpaired) electrons. The lowest BCUT2D eigenvalue weighted by atomic mass is 10.0. The maximum Gasteiger partial charge on any atom is 0.416 e. The van der Waals surface area contributed by atoms with Crippen molar-refractivity contribution in [1.82, 2.24) is 10.4 Å². The van der Waals surface area contributed by atoms with Crippen molar-refractivity contribution in [1.29, 1.82) is 0 Å². The molecule has 0 bridgehead atoms. The Morgan fingerprint density at radius 1 is 1.24 bits per heavy atom. The van der Waals surface area contributed by atoms with Crippen molar-refractivity contribution in [2.75, 3.05) is 13.2 Å². The zero-order chi connectivity index (χ0) is 21.2. The second-order valence-electron chi connectivity index (χ2n) is 6.92. The molecule has 2 aromatic carbocycles. The molecule has 1 saturated heterocycles. The number of hydrogen-bond donors (Lipinski definition) is 1. The molecule has 0 amide bonds. The first kappa shape index (κ1) is 21.3. The van der Waals surface area contributed by atoms with E-state index in [1.807, 2.05) is 11.9 Å². The van der Waals surface area contributed by atoms with E-state index in [9.17, 15) is 22.4 Å². The highest BCUT2D eigenvalue weighted by Gasteiger charge is 2.34. The zero-order valence-electron chi connectivity index (χ0n) is 16.1. The fraction of sp³-hybridized carbons (Fsp3) is 0.381. The number of hydrazine groups is 1. The quantitative estimate of drug-likeness (QED) is 0.554. The van der Waals surface area contributed by atoms with Crippen molar-refractivity contribution in [3.8, 4) is 0 Å². The number of hydrogen-bond acceptors (Lipinski definition) is 4. The van der Waals surface area contributed by atoms with Crippen LogP contribution in [0.15, 0.2) is 42.5 Å². The fourth-order valence-electron chi connectivity index (χ4n) is 3.41. The van der Waals surface area contributed by atoms with Crippen molar-refractivity contribution in [3.05, 3.63) is 70.5 Å². The Morgan fingerprint density at radius 2 is 1.93 bits per heavy atom. The predicted molar refractivity (Wildman–Crippen MR) is 99.4 cm³/mol. The lowest BCUT2D eigenvalue weighted by Crippen LogP contribution is -2.34. The van der Waals surface area contributed by atoms with Crippen molar-refractivity contribution >= 4 is 5.97 Å². The average molecular weight is 410 g/mol. The molecule has 0 saturated carbocycles. The molecule has 1 heterocycles. The van der Waals surface area contributed by atoms with E-state index in [1.165, 1.54) is 0 Å². The molecule has 1 fully saturated rings. The molecule has 1 aliphatic heterocycles. The molecule has 8 heteroatoms. The van der Waals surface area contributed by atoms with Gasteiger partial charge in [0.05, 0.1) is 23.8 Å². The summed E-state index contributed by atoms with van der Waals surface area (Å²) in [5.41, 5.74) is 3.62. The molecule has 0 aromatic heterocycles. The number of halogens is 4. The molecular weight excluding hydrogens is 388 g/mol. The Kier molecular flexibility index (Phi) is 6.24. The summed E-state index contributed by atoms with van der Waals surface area (Å²) >= 11 is 0. The third-order valence-corrected chi connectivity index (χ3v) is 5.05. The zero-order valence-corrected chi connectivity index (χ0v) is 16.1. The standard InChI is InChI=1S/C21H22F4N2O2/c1-3-29-20(28)15-6-4-14(5-7-15)13(2)27-11-10-19(26-27)17-12-16(21(23,24)25)8-9-18(17)22/h4-9,12-13,19,26H,3,10-11H2,1-2H3/t13-,19?/m0/s1. The number of carbonyl (C=O) groups excluding carboxylic acids is 1.